The molecule has 0 bridgehead atoms. The molecule has 3 N–H and O–H groups in total. The predicted octanol–water partition coefficient (Wildman–Crippen LogP) is 2.39. The molecule has 0 radical (unpaired) electrons. The van der Waals surface area contributed by atoms with Gasteiger partial charge in [-0.2, -0.15) is 0 Å². The lowest BCUT2D eigenvalue weighted by Gasteiger charge is -2.18. The molecular formula is C15H23FN2O2. The molecule has 0 saturated carbocycles. The number of rotatable bonds is 7. The number of hydrogen-bond acceptors (Lipinski definition) is 3. The first kappa shape index (κ1) is 16.4. The first-order chi connectivity index (χ1) is 9.49. The molecule has 112 valence electrons. The maximum atomic E-state index is 13.6. The third-order valence-electron chi connectivity index (χ3n) is 3.32. The molecule has 0 fully saturated rings. The van der Waals surface area contributed by atoms with Crippen molar-refractivity contribution in [1.29, 1.82) is 0 Å². The van der Waals surface area contributed by atoms with Crippen molar-refractivity contribution in [3.63, 3.8) is 0 Å². The fourth-order valence-electron chi connectivity index (χ4n) is 1.95. The van der Waals surface area contributed by atoms with Crippen LogP contribution in [-0.2, 0) is 4.79 Å². The number of methoxy groups -OCH3 is 1. The van der Waals surface area contributed by atoms with Gasteiger partial charge in [0.05, 0.1) is 13.2 Å². The molecule has 1 rings (SSSR count). The quantitative estimate of drug-likeness (QED) is 0.807. The second kappa shape index (κ2) is 7.85. The standard InChI is InChI=1S/C15H23FN2O2/c1-10(5-4-8-17)15(19)18-11(2)12-6-7-14(20-3)13(16)9-12/h6-7,9-11H,4-5,8,17H2,1-3H3,(H,18,19). The Morgan fingerprint density at radius 2 is 2.15 bits per heavy atom. The highest BCUT2D eigenvalue weighted by atomic mass is 19.1. The van der Waals surface area contributed by atoms with Crippen LogP contribution in [0.15, 0.2) is 18.2 Å². The van der Waals surface area contributed by atoms with E-state index >= 15 is 0 Å². The number of halogens is 1. The smallest absolute Gasteiger partial charge is 0.223 e. The van der Waals surface area contributed by atoms with Gasteiger partial charge in [-0.15, -0.1) is 0 Å². The van der Waals surface area contributed by atoms with Gasteiger partial charge in [-0.05, 0) is 44.0 Å². The van der Waals surface area contributed by atoms with Crippen LogP contribution in [0.1, 0.15) is 38.3 Å². The van der Waals surface area contributed by atoms with Gasteiger partial charge in [0.25, 0.3) is 0 Å². The summed E-state index contributed by atoms with van der Waals surface area (Å²) < 4.78 is 18.5. The third kappa shape index (κ3) is 4.49. The van der Waals surface area contributed by atoms with E-state index in [4.69, 9.17) is 10.5 Å². The van der Waals surface area contributed by atoms with Crippen LogP contribution in [0.2, 0.25) is 0 Å². The predicted molar refractivity (Wildman–Crippen MR) is 77.0 cm³/mol. The first-order valence-corrected chi connectivity index (χ1v) is 6.83. The SMILES string of the molecule is COc1ccc(C(C)NC(=O)C(C)CCCN)cc1F. The van der Waals surface area contributed by atoms with Crippen LogP contribution >= 0.6 is 0 Å². The summed E-state index contributed by atoms with van der Waals surface area (Å²) in [6, 6.07) is 4.44. The van der Waals surface area contributed by atoms with Crippen molar-refractivity contribution < 1.29 is 13.9 Å². The van der Waals surface area contributed by atoms with Crippen molar-refractivity contribution in [1.82, 2.24) is 5.32 Å². The number of carbonyl (C=O) groups is 1. The third-order valence-corrected chi connectivity index (χ3v) is 3.32. The van der Waals surface area contributed by atoms with Gasteiger partial charge < -0.3 is 15.8 Å². The minimum atomic E-state index is -0.428. The van der Waals surface area contributed by atoms with Crippen molar-refractivity contribution in [2.45, 2.75) is 32.7 Å². The summed E-state index contributed by atoms with van der Waals surface area (Å²) in [6.45, 7) is 4.28. The lowest BCUT2D eigenvalue weighted by atomic mass is 10.0. The molecule has 0 heterocycles. The monoisotopic (exact) mass is 282 g/mol. The summed E-state index contributed by atoms with van der Waals surface area (Å²) in [4.78, 5) is 12.0. The Hall–Kier alpha value is -1.62. The molecular weight excluding hydrogens is 259 g/mol. The minimum Gasteiger partial charge on any atom is -0.494 e. The zero-order valence-corrected chi connectivity index (χ0v) is 12.3. The molecule has 0 aliphatic carbocycles. The highest BCUT2D eigenvalue weighted by molar-refractivity contribution is 5.78. The summed E-state index contributed by atoms with van der Waals surface area (Å²) in [5.41, 5.74) is 6.14. The average molecular weight is 282 g/mol. The number of benzene rings is 1. The highest BCUT2D eigenvalue weighted by Crippen LogP contribution is 2.22. The zero-order chi connectivity index (χ0) is 15.1. The fourth-order valence-corrected chi connectivity index (χ4v) is 1.95. The summed E-state index contributed by atoms with van der Waals surface area (Å²) in [6.07, 6.45) is 1.58. The van der Waals surface area contributed by atoms with E-state index in [0.717, 1.165) is 12.8 Å². The molecule has 20 heavy (non-hydrogen) atoms. The lowest BCUT2D eigenvalue weighted by Crippen LogP contribution is -2.31. The van der Waals surface area contributed by atoms with Crippen molar-refractivity contribution in [2.75, 3.05) is 13.7 Å². The van der Waals surface area contributed by atoms with Gasteiger partial charge in [0.2, 0.25) is 5.91 Å². The first-order valence-electron chi connectivity index (χ1n) is 6.83. The van der Waals surface area contributed by atoms with Crippen LogP contribution in [0.5, 0.6) is 5.75 Å². The average Bonchev–Trinajstić information content (AvgIpc) is 2.44. The maximum Gasteiger partial charge on any atom is 0.223 e. The van der Waals surface area contributed by atoms with E-state index in [1.807, 2.05) is 13.8 Å². The molecule has 0 aliphatic heterocycles. The number of ether oxygens (including phenoxy) is 1. The number of nitrogens with one attached hydrogen (secondary N) is 1. The van der Waals surface area contributed by atoms with E-state index in [9.17, 15) is 9.18 Å². The molecule has 1 aromatic carbocycles. The van der Waals surface area contributed by atoms with Crippen LogP contribution in [0.3, 0.4) is 0 Å². The summed E-state index contributed by atoms with van der Waals surface area (Å²) in [7, 11) is 1.42. The van der Waals surface area contributed by atoms with E-state index in [-0.39, 0.29) is 23.6 Å². The van der Waals surface area contributed by atoms with E-state index in [1.165, 1.54) is 13.2 Å². The van der Waals surface area contributed by atoms with Gasteiger partial charge in [0, 0.05) is 5.92 Å². The molecule has 4 nitrogen and oxygen atoms in total. The Kier molecular flexibility index (Phi) is 6.45. The molecule has 0 spiro atoms. The Morgan fingerprint density at radius 1 is 1.45 bits per heavy atom. The summed E-state index contributed by atoms with van der Waals surface area (Å²) in [5, 5.41) is 2.88. The number of hydrogen-bond donors (Lipinski definition) is 2. The Balaban J connectivity index is 2.64. The van der Waals surface area contributed by atoms with Crippen LogP contribution in [-0.4, -0.2) is 19.6 Å². The summed E-state index contributed by atoms with van der Waals surface area (Å²) >= 11 is 0. The molecule has 0 aliphatic rings. The Bertz CT molecular complexity index is 451. The molecule has 0 saturated heterocycles. The van der Waals surface area contributed by atoms with Crippen LogP contribution < -0.4 is 15.8 Å². The molecule has 5 heteroatoms. The minimum absolute atomic E-state index is 0.0397. The zero-order valence-electron chi connectivity index (χ0n) is 12.3. The van der Waals surface area contributed by atoms with Gasteiger partial charge in [-0.25, -0.2) is 4.39 Å². The molecule has 1 aromatic rings. The summed E-state index contributed by atoms with van der Waals surface area (Å²) in [5.74, 6) is -0.364. The highest BCUT2D eigenvalue weighted by Gasteiger charge is 2.16. The lowest BCUT2D eigenvalue weighted by molar-refractivity contribution is -0.125. The van der Waals surface area contributed by atoms with Gasteiger partial charge in [-0.1, -0.05) is 13.0 Å². The number of amides is 1. The van der Waals surface area contributed by atoms with Gasteiger partial charge in [-0.3, -0.25) is 4.79 Å². The van der Waals surface area contributed by atoms with Crippen LogP contribution in [0, 0.1) is 11.7 Å². The van der Waals surface area contributed by atoms with E-state index < -0.39 is 5.82 Å². The second-order valence-corrected chi connectivity index (χ2v) is 4.96. The fraction of sp³-hybridized carbons (Fsp3) is 0.533. The van der Waals surface area contributed by atoms with E-state index in [1.54, 1.807) is 12.1 Å². The van der Waals surface area contributed by atoms with E-state index in [0.29, 0.717) is 12.1 Å². The van der Waals surface area contributed by atoms with Crippen LogP contribution in [0.25, 0.3) is 0 Å². The molecule has 2 atom stereocenters. The van der Waals surface area contributed by atoms with Crippen molar-refractivity contribution in [3.8, 4) is 5.75 Å². The van der Waals surface area contributed by atoms with Crippen molar-refractivity contribution in [2.24, 2.45) is 11.7 Å². The molecule has 1 amide bonds. The van der Waals surface area contributed by atoms with Gasteiger partial charge in [0.1, 0.15) is 0 Å². The number of carbonyl (C=O) groups excluding carboxylic acids is 1. The van der Waals surface area contributed by atoms with Gasteiger partial charge >= 0.3 is 0 Å². The number of nitrogens with two attached hydrogens (primary N) is 1. The topological polar surface area (TPSA) is 64.3 Å². The van der Waals surface area contributed by atoms with Crippen LogP contribution in [0.4, 0.5) is 4.39 Å². The Labute approximate surface area is 119 Å². The maximum absolute atomic E-state index is 13.6. The normalized spacial score (nSPS) is 13.7. The molecule has 0 aromatic heterocycles. The van der Waals surface area contributed by atoms with E-state index in [2.05, 4.69) is 5.32 Å². The second-order valence-electron chi connectivity index (χ2n) is 4.96. The van der Waals surface area contributed by atoms with Crippen molar-refractivity contribution >= 4 is 5.91 Å². The Morgan fingerprint density at radius 3 is 2.70 bits per heavy atom. The van der Waals surface area contributed by atoms with Gasteiger partial charge in [0.15, 0.2) is 11.6 Å². The van der Waals surface area contributed by atoms with Crippen molar-refractivity contribution in [3.05, 3.63) is 29.6 Å². The largest absolute Gasteiger partial charge is 0.494 e. The molecule has 2 unspecified atom stereocenters.